The van der Waals surface area contributed by atoms with E-state index in [9.17, 15) is 4.79 Å². The van der Waals surface area contributed by atoms with Gasteiger partial charge in [0, 0.05) is 17.9 Å². The van der Waals surface area contributed by atoms with Crippen molar-refractivity contribution >= 4 is 45.2 Å². The molecule has 0 aromatic rings. The molecule has 0 aliphatic carbocycles. The summed E-state index contributed by atoms with van der Waals surface area (Å²) in [6.45, 7) is 27.5. The van der Waals surface area contributed by atoms with Gasteiger partial charge >= 0.3 is 5.97 Å². The summed E-state index contributed by atoms with van der Waals surface area (Å²) in [5.74, 6) is 0.0171. The van der Waals surface area contributed by atoms with Crippen molar-refractivity contribution in [2.45, 2.75) is 129 Å². The molecule has 0 bridgehead atoms. The average molecular weight is 653 g/mol. The highest BCUT2D eigenvalue weighted by molar-refractivity contribution is 14.1. The van der Waals surface area contributed by atoms with E-state index in [-0.39, 0.29) is 52.3 Å². The number of carbonyl (C=O) groups is 1. The molecule has 0 unspecified atom stereocenters. The van der Waals surface area contributed by atoms with Gasteiger partial charge in [-0.1, -0.05) is 90.1 Å². The van der Waals surface area contributed by atoms with Gasteiger partial charge in [-0.2, -0.15) is 0 Å². The zero-order valence-corrected chi connectivity index (χ0v) is 29.3. The Labute approximate surface area is 237 Å². The van der Waals surface area contributed by atoms with Crippen molar-refractivity contribution in [3.05, 3.63) is 22.3 Å². The number of esters is 1. The molecular formula is C28H53IO5Si2. The molecule has 0 saturated carbocycles. The molecule has 0 N–H and O–H groups in total. The lowest BCUT2D eigenvalue weighted by Crippen LogP contribution is -2.63. The van der Waals surface area contributed by atoms with Gasteiger partial charge in [0.05, 0.1) is 31.5 Å². The lowest BCUT2D eigenvalue weighted by molar-refractivity contribution is -0.197. The Morgan fingerprint density at radius 3 is 1.94 bits per heavy atom. The van der Waals surface area contributed by atoms with Crippen molar-refractivity contribution in [3.8, 4) is 0 Å². The minimum atomic E-state index is -2.10. The molecule has 1 heterocycles. The standard InChI is InChI=1S/C28H53IO5Si2/c1-20(18-19-29)24-26(34-36(12,13)28(6,7)8)25(33-35(10,11)27(3,4)5)21(2)22(32-24)16-14-15-17-23(30)31-9/h15,17-22,24-26H,14,16H2,1-13H3/b17-15+,19-18+/t20-,21-,22-,24-,25-,26+/m0/s1. The van der Waals surface area contributed by atoms with E-state index in [1.54, 1.807) is 0 Å². The molecule has 0 radical (unpaired) electrons. The highest BCUT2D eigenvalue weighted by Gasteiger charge is 2.53. The Kier molecular flexibility index (Phi) is 12.6. The molecule has 1 rings (SSSR count). The largest absolute Gasteiger partial charge is 0.466 e. The zero-order chi connectivity index (χ0) is 28.1. The molecule has 0 aromatic heterocycles. The third-order valence-corrected chi connectivity index (χ3v) is 17.9. The molecule has 1 saturated heterocycles. The van der Waals surface area contributed by atoms with Gasteiger partial charge in [0.15, 0.2) is 16.6 Å². The van der Waals surface area contributed by atoms with Crippen molar-refractivity contribution in [2.24, 2.45) is 11.8 Å². The molecule has 5 nitrogen and oxygen atoms in total. The van der Waals surface area contributed by atoms with Crippen LogP contribution in [-0.2, 0) is 23.1 Å². The fourth-order valence-electron chi connectivity index (χ4n) is 3.93. The summed E-state index contributed by atoms with van der Waals surface area (Å²) in [5, 5.41) is 0.175. The second-order valence-corrected chi connectivity index (χ2v) is 23.6. The maximum atomic E-state index is 11.5. The summed E-state index contributed by atoms with van der Waals surface area (Å²) in [4.78, 5) is 11.5. The third kappa shape index (κ3) is 9.04. The summed E-state index contributed by atoms with van der Waals surface area (Å²) in [5.41, 5.74) is 0. The van der Waals surface area contributed by atoms with Crippen molar-refractivity contribution < 1.29 is 23.1 Å². The fraction of sp³-hybridized carbons (Fsp3) is 0.821. The van der Waals surface area contributed by atoms with E-state index in [0.717, 1.165) is 12.8 Å². The Morgan fingerprint density at radius 1 is 1.00 bits per heavy atom. The number of methoxy groups -OCH3 is 1. The summed E-state index contributed by atoms with van der Waals surface area (Å²) in [7, 11) is -2.78. The quantitative estimate of drug-likeness (QED) is 0.103. The van der Waals surface area contributed by atoms with Crippen LogP contribution in [0.1, 0.15) is 68.2 Å². The summed E-state index contributed by atoms with van der Waals surface area (Å²) in [6.07, 6.45) is 6.86. The van der Waals surface area contributed by atoms with Crippen LogP contribution in [0.2, 0.25) is 36.3 Å². The van der Waals surface area contributed by atoms with Gasteiger partial charge in [-0.15, -0.1) is 0 Å². The first kappa shape index (κ1) is 34.0. The maximum Gasteiger partial charge on any atom is 0.330 e. The SMILES string of the molecule is COC(=O)/C=C/CC[C@@H]1O[C@@H]([C@@H](C)/C=C/I)[C@@H](O[Si](C)(C)C(C)(C)C)[C@@H](O[Si](C)(C)C(C)(C)C)[C@H]1C. The van der Waals surface area contributed by atoms with Gasteiger partial charge in [-0.3, -0.25) is 0 Å². The van der Waals surface area contributed by atoms with E-state index in [2.05, 4.69) is 114 Å². The van der Waals surface area contributed by atoms with Crippen molar-refractivity contribution in [1.29, 1.82) is 0 Å². The van der Waals surface area contributed by atoms with Crippen LogP contribution in [0.4, 0.5) is 0 Å². The van der Waals surface area contributed by atoms with Crippen molar-refractivity contribution in [1.82, 2.24) is 0 Å². The van der Waals surface area contributed by atoms with Crippen LogP contribution in [0.25, 0.3) is 0 Å². The summed E-state index contributed by atoms with van der Waals surface area (Å²) < 4.78 is 28.1. The minimum Gasteiger partial charge on any atom is -0.466 e. The van der Waals surface area contributed by atoms with Crippen LogP contribution in [0.5, 0.6) is 0 Å². The number of hydrogen-bond donors (Lipinski definition) is 0. The van der Waals surface area contributed by atoms with E-state index in [1.807, 2.05) is 6.08 Å². The number of allylic oxidation sites excluding steroid dienone is 1. The van der Waals surface area contributed by atoms with Gasteiger partial charge < -0.3 is 18.3 Å². The Bertz CT molecular complexity index is 767. The number of ether oxygens (including phenoxy) is 2. The van der Waals surface area contributed by atoms with E-state index >= 15 is 0 Å². The smallest absolute Gasteiger partial charge is 0.330 e. The van der Waals surface area contributed by atoms with Crippen LogP contribution >= 0.6 is 22.6 Å². The molecule has 1 aliphatic rings. The lowest BCUT2D eigenvalue weighted by Gasteiger charge is -2.53. The van der Waals surface area contributed by atoms with Crippen molar-refractivity contribution in [2.75, 3.05) is 7.11 Å². The summed E-state index contributed by atoms with van der Waals surface area (Å²) >= 11 is 2.29. The molecule has 210 valence electrons. The maximum absolute atomic E-state index is 11.5. The zero-order valence-electron chi connectivity index (χ0n) is 25.1. The lowest BCUT2D eigenvalue weighted by atomic mass is 9.82. The second kappa shape index (κ2) is 13.4. The van der Waals surface area contributed by atoms with E-state index in [0.29, 0.717) is 0 Å². The first-order chi connectivity index (χ1) is 16.3. The van der Waals surface area contributed by atoms with Gasteiger partial charge in [0.25, 0.3) is 0 Å². The monoisotopic (exact) mass is 652 g/mol. The summed E-state index contributed by atoms with van der Waals surface area (Å²) in [6, 6.07) is 0. The average Bonchev–Trinajstić information content (AvgIpc) is 2.73. The molecule has 0 spiro atoms. The highest BCUT2D eigenvalue weighted by Crippen LogP contribution is 2.45. The van der Waals surface area contributed by atoms with Crippen LogP contribution in [-0.4, -0.2) is 54.1 Å². The second-order valence-electron chi connectivity index (χ2n) is 13.4. The third-order valence-electron chi connectivity index (χ3n) is 8.53. The molecule has 36 heavy (non-hydrogen) atoms. The highest BCUT2D eigenvalue weighted by atomic mass is 127. The minimum absolute atomic E-state index is 0.0105. The van der Waals surface area contributed by atoms with Gasteiger partial charge in [0.2, 0.25) is 0 Å². The molecular weight excluding hydrogens is 599 g/mol. The molecule has 0 amide bonds. The van der Waals surface area contributed by atoms with Gasteiger partial charge in [-0.25, -0.2) is 4.79 Å². The number of halogens is 1. The van der Waals surface area contributed by atoms with Crippen molar-refractivity contribution in [3.63, 3.8) is 0 Å². The van der Waals surface area contributed by atoms with E-state index in [1.165, 1.54) is 13.2 Å². The van der Waals surface area contributed by atoms with Gasteiger partial charge in [-0.05, 0) is 53.2 Å². The Balaban J connectivity index is 3.48. The van der Waals surface area contributed by atoms with E-state index in [4.69, 9.17) is 18.3 Å². The Hall–Kier alpha value is -0.00623. The van der Waals surface area contributed by atoms with Crippen LogP contribution in [0, 0.1) is 11.8 Å². The molecule has 0 aromatic carbocycles. The van der Waals surface area contributed by atoms with Gasteiger partial charge in [0.1, 0.15) is 0 Å². The molecule has 1 fully saturated rings. The molecule has 1 aliphatic heterocycles. The molecule has 6 atom stereocenters. The predicted octanol–water partition coefficient (Wildman–Crippen LogP) is 8.26. The number of rotatable bonds is 10. The first-order valence-electron chi connectivity index (χ1n) is 13.3. The van der Waals surface area contributed by atoms with Crippen LogP contribution < -0.4 is 0 Å². The van der Waals surface area contributed by atoms with Crippen LogP contribution in [0.3, 0.4) is 0 Å². The number of carbonyl (C=O) groups excluding carboxylic acids is 1. The Morgan fingerprint density at radius 2 is 1.50 bits per heavy atom. The topological polar surface area (TPSA) is 54.0 Å². The normalized spacial score (nSPS) is 27.6. The fourth-order valence-corrected chi connectivity index (χ4v) is 7.27. The first-order valence-corrected chi connectivity index (χ1v) is 20.4. The van der Waals surface area contributed by atoms with Crippen LogP contribution in [0.15, 0.2) is 22.3 Å². The van der Waals surface area contributed by atoms with E-state index < -0.39 is 16.6 Å². The predicted molar refractivity (Wildman–Crippen MR) is 165 cm³/mol. The number of hydrogen-bond acceptors (Lipinski definition) is 5. The molecule has 8 heteroatoms.